The molecule has 0 bridgehead atoms. The molecule has 2 rings (SSSR count). The van der Waals surface area contributed by atoms with Crippen LogP contribution in [-0.2, 0) is 0 Å². The summed E-state index contributed by atoms with van der Waals surface area (Å²) in [5, 5.41) is 4.63. The molecule has 3 nitrogen and oxygen atoms in total. The summed E-state index contributed by atoms with van der Waals surface area (Å²) in [6.07, 6.45) is 3.52. The van der Waals surface area contributed by atoms with Gasteiger partial charge in [0.05, 0.1) is 0 Å². The van der Waals surface area contributed by atoms with E-state index in [1.54, 1.807) is 0 Å². The Hall–Kier alpha value is -0.350. The molecule has 1 aliphatic carbocycles. The molecule has 5 heteroatoms. The first kappa shape index (κ1) is 10.2. The van der Waals surface area contributed by atoms with E-state index in [2.05, 4.69) is 14.7 Å². The summed E-state index contributed by atoms with van der Waals surface area (Å²) in [6.45, 7) is 2.89. The molecule has 0 aliphatic heterocycles. The van der Waals surface area contributed by atoms with Gasteiger partial charge >= 0.3 is 0 Å². The Kier molecular flexibility index (Phi) is 3.23. The molecule has 1 heterocycles. The summed E-state index contributed by atoms with van der Waals surface area (Å²) in [5.74, 6) is 1.56. The molecule has 1 aromatic rings. The fourth-order valence-corrected chi connectivity index (χ4v) is 2.76. The summed E-state index contributed by atoms with van der Waals surface area (Å²) in [6, 6.07) is 0. The van der Waals surface area contributed by atoms with Gasteiger partial charge < -0.3 is 5.32 Å². The second-order valence-electron chi connectivity index (χ2n) is 3.80. The zero-order valence-corrected chi connectivity index (χ0v) is 9.74. The Balaban J connectivity index is 1.77. The predicted molar refractivity (Wildman–Crippen MR) is 60.1 cm³/mol. The van der Waals surface area contributed by atoms with Crippen molar-refractivity contribution in [3.8, 4) is 0 Å². The fourth-order valence-electron chi connectivity index (χ4n) is 1.80. The molecule has 0 radical (unpaired) electrons. The van der Waals surface area contributed by atoms with Crippen LogP contribution in [0.2, 0.25) is 0 Å². The number of nitrogens with zero attached hydrogens (tertiary/aromatic N) is 2. The van der Waals surface area contributed by atoms with Crippen LogP contribution in [0.1, 0.15) is 25.1 Å². The first-order chi connectivity index (χ1) is 6.74. The van der Waals surface area contributed by atoms with E-state index in [0.29, 0.717) is 11.3 Å². The molecular formula is C9H14ClN3S. The summed E-state index contributed by atoms with van der Waals surface area (Å²) in [5.41, 5.74) is 0. The fraction of sp³-hybridized carbons (Fsp3) is 0.778. The minimum atomic E-state index is 0.387. The van der Waals surface area contributed by atoms with Gasteiger partial charge in [-0.1, -0.05) is 0 Å². The Morgan fingerprint density at radius 3 is 3.00 bits per heavy atom. The van der Waals surface area contributed by atoms with E-state index in [1.165, 1.54) is 18.0 Å². The number of nitrogens with one attached hydrogen (secondary N) is 1. The van der Waals surface area contributed by atoms with Crippen molar-refractivity contribution < 1.29 is 0 Å². The second kappa shape index (κ2) is 4.45. The van der Waals surface area contributed by atoms with Gasteiger partial charge in [0.2, 0.25) is 5.13 Å². The number of anilines is 1. The highest BCUT2D eigenvalue weighted by molar-refractivity contribution is 7.09. The molecule has 0 saturated heterocycles. The third-order valence-corrected chi connectivity index (χ3v) is 3.71. The minimum absolute atomic E-state index is 0.387. The molecule has 0 aromatic carbocycles. The van der Waals surface area contributed by atoms with Crippen molar-refractivity contribution in [3.63, 3.8) is 0 Å². The SMILES string of the molecule is Cc1nsc(NCC2CCC(Cl)C2)n1. The van der Waals surface area contributed by atoms with Crippen molar-refractivity contribution in [3.05, 3.63) is 5.82 Å². The first-order valence-electron chi connectivity index (χ1n) is 4.92. The van der Waals surface area contributed by atoms with E-state index in [9.17, 15) is 0 Å². The van der Waals surface area contributed by atoms with Gasteiger partial charge in [0.1, 0.15) is 5.82 Å². The Morgan fingerprint density at radius 2 is 2.43 bits per heavy atom. The van der Waals surface area contributed by atoms with Crippen molar-refractivity contribution in [2.24, 2.45) is 5.92 Å². The van der Waals surface area contributed by atoms with Crippen molar-refractivity contribution in [1.82, 2.24) is 9.36 Å². The van der Waals surface area contributed by atoms with Crippen molar-refractivity contribution in [2.45, 2.75) is 31.6 Å². The van der Waals surface area contributed by atoms with Gasteiger partial charge in [-0.3, -0.25) is 0 Å². The van der Waals surface area contributed by atoms with Gasteiger partial charge in [-0.25, -0.2) is 4.98 Å². The predicted octanol–water partition coefficient (Wildman–Crippen LogP) is 2.67. The standard InChI is InChI=1S/C9H14ClN3S/c1-6-12-9(14-13-6)11-5-7-2-3-8(10)4-7/h7-8H,2-5H2,1H3,(H,11,12,13). The van der Waals surface area contributed by atoms with Crippen LogP contribution >= 0.6 is 23.1 Å². The number of halogens is 1. The first-order valence-corrected chi connectivity index (χ1v) is 6.13. The highest BCUT2D eigenvalue weighted by atomic mass is 35.5. The van der Waals surface area contributed by atoms with Crippen LogP contribution in [-0.4, -0.2) is 21.3 Å². The van der Waals surface area contributed by atoms with Crippen LogP contribution in [0, 0.1) is 12.8 Å². The number of aryl methyl sites for hydroxylation is 1. The maximum atomic E-state index is 6.04. The topological polar surface area (TPSA) is 37.8 Å². The maximum absolute atomic E-state index is 6.04. The number of rotatable bonds is 3. The molecule has 1 saturated carbocycles. The number of alkyl halides is 1. The lowest BCUT2D eigenvalue weighted by atomic mass is 10.1. The Morgan fingerprint density at radius 1 is 1.57 bits per heavy atom. The van der Waals surface area contributed by atoms with Gasteiger partial charge in [0, 0.05) is 23.5 Å². The molecule has 1 N–H and O–H groups in total. The normalized spacial score (nSPS) is 26.7. The number of hydrogen-bond acceptors (Lipinski definition) is 4. The summed E-state index contributed by atoms with van der Waals surface area (Å²) in [4.78, 5) is 4.25. The smallest absolute Gasteiger partial charge is 0.202 e. The van der Waals surface area contributed by atoms with Crippen LogP contribution in [0.5, 0.6) is 0 Å². The van der Waals surface area contributed by atoms with Crippen LogP contribution in [0.25, 0.3) is 0 Å². The van der Waals surface area contributed by atoms with Crippen molar-refractivity contribution in [1.29, 1.82) is 0 Å². The highest BCUT2D eigenvalue weighted by Gasteiger charge is 2.22. The Bertz CT molecular complexity index is 302. The lowest BCUT2D eigenvalue weighted by Gasteiger charge is -2.08. The monoisotopic (exact) mass is 231 g/mol. The molecule has 0 amide bonds. The minimum Gasteiger partial charge on any atom is -0.360 e. The van der Waals surface area contributed by atoms with Crippen LogP contribution in [0.15, 0.2) is 0 Å². The third kappa shape index (κ3) is 2.58. The molecule has 1 aromatic heterocycles. The van der Waals surface area contributed by atoms with Crippen LogP contribution in [0.4, 0.5) is 5.13 Å². The van der Waals surface area contributed by atoms with Gasteiger partial charge in [-0.05, 0) is 32.1 Å². The lowest BCUT2D eigenvalue weighted by molar-refractivity contribution is 0.580. The molecule has 1 fully saturated rings. The van der Waals surface area contributed by atoms with E-state index in [0.717, 1.165) is 30.3 Å². The molecule has 14 heavy (non-hydrogen) atoms. The van der Waals surface area contributed by atoms with Crippen LogP contribution < -0.4 is 5.32 Å². The average Bonchev–Trinajstić information content (AvgIpc) is 2.72. The molecule has 0 spiro atoms. The zero-order valence-electron chi connectivity index (χ0n) is 8.16. The van der Waals surface area contributed by atoms with Gasteiger partial charge in [-0.15, -0.1) is 11.6 Å². The summed E-state index contributed by atoms with van der Waals surface area (Å²) in [7, 11) is 0. The maximum Gasteiger partial charge on any atom is 0.202 e. The number of hydrogen-bond donors (Lipinski definition) is 1. The van der Waals surface area contributed by atoms with Crippen molar-refractivity contribution in [2.75, 3.05) is 11.9 Å². The second-order valence-corrected chi connectivity index (χ2v) is 5.17. The molecule has 2 unspecified atom stereocenters. The quantitative estimate of drug-likeness (QED) is 0.813. The number of aromatic nitrogens is 2. The van der Waals surface area contributed by atoms with E-state index in [1.807, 2.05) is 6.92 Å². The van der Waals surface area contributed by atoms with Gasteiger partial charge in [0.25, 0.3) is 0 Å². The zero-order chi connectivity index (χ0) is 9.97. The average molecular weight is 232 g/mol. The van der Waals surface area contributed by atoms with E-state index in [4.69, 9.17) is 11.6 Å². The van der Waals surface area contributed by atoms with Crippen molar-refractivity contribution >= 4 is 28.3 Å². The molecule has 78 valence electrons. The highest BCUT2D eigenvalue weighted by Crippen LogP contribution is 2.29. The Labute approximate surface area is 93.1 Å². The summed E-state index contributed by atoms with van der Waals surface area (Å²) < 4.78 is 4.12. The van der Waals surface area contributed by atoms with Gasteiger partial charge in [0.15, 0.2) is 0 Å². The van der Waals surface area contributed by atoms with E-state index >= 15 is 0 Å². The van der Waals surface area contributed by atoms with Gasteiger partial charge in [-0.2, -0.15) is 4.37 Å². The van der Waals surface area contributed by atoms with Crippen LogP contribution in [0.3, 0.4) is 0 Å². The largest absolute Gasteiger partial charge is 0.360 e. The van der Waals surface area contributed by atoms with E-state index < -0.39 is 0 Å². The molecule has 2 atom stereocenters. The summed E-state index contributed by atoms with van der Waals surface area (Å²) >= 11 is 7.47. The molecular weight excluding hydrogens is 218 g/mol. The van der Waals surface area contributed by atoms with E-state index in [-0.39, 0.29) is 0 Å². The third-order valence-electron chi connectivity index (χ3n) is 2.55. The molecule has 1 aliphatic rings. The lowest BCUT2D eigenvalue weighted by Crippen LogP contribution is -2.11.